The van der Waals surface area contributed by atoms with E-state index in [1.54, 1.807) is 4.90 Å². The summed E-state index contributed by atoms with van der Waals surface area (Å²) in [4.78, 5) is 40.4. The second-order valence-electron chi connectivity index (χ2n) is 6.20. The largest absolute Gasteiger partial charge is 0.341 e. The van der Waals surface area contributed by atoms with Crippen LogP contribution in [0.25, 0.3) is 0 Å². The number of aryl methyl sites for hydroxylation is 1. The van der Waals surface area contributed by atoms with E-state index in [-0.39, 0.29) is 12.5 Å². The van der Waals surface area contributed by atoms with Crippen molar-refractivity contribution in [1.29, 1.82) is 0 Å². The molecule has 0 radical (unpaired) electrons. The summed E-state index contributed by atoms with van der Waals surface area (Å²) in [6.07, 6.45) is 3.23. The Morgan fingerprint density at radius 2 is 1.92 bits per heavy atom. The van der Waals surface area contributed by atoms with E-state index in [1.165, 1.54) is 27.3 Å². The predicted molar refractivity (Wildman–Crippen MR) is 98.0 cm³/mol. The van der Waals surface area contributed by atoms with E-state index in [9.17, 15) is 14.4 Å². The third-order valence-electron chi connectivity index (χ3n) is 4.38. The van der Waals surface area contributed by atoms with Gasteiger partial charge in [-0.1, -0.05) is 18.2 Å². The van der Waals surface area contributed by atoms with Crippen LogP contribution < -0.4 is 11.2 Å². The van der Waals surface area contributed by atoms with Gasteiger partial charge in [-0.15, -0.1) is 11.8 Å². The molecule has 2 heterocycles. The number of hydrogen-bond donors (Lipinski definition) is 1. The molecule has 1 amide bonds. The molecule has 1 aromatic heterocycles. The summed E-state index contributed by atoms with van der Waals surface area (Å²) >= 11 is 1.88. The molecule has 0 unspecified atom stereocenters. The Labute approximate surface area is 149 Å². The summed E-state index contributed by atoms with van der Waals surface area (Å²) < 4.78 is 1.23. The molecule has 6 nitrogen and oxygen atoms in total. The highest BCUT2D eigenvalue weighted by Gasteiger charge is 2.24. The summed E-state index contributed by atoms with van der Waals surface area (Å²) in [6.45, 7) is 3.47. The second kappa shape index (κ2) is 7.74. The molecule has 2 aromatic rings. The van der Waals surface area contributed by atoms with E-state index < -0.39 is 11.2 Å². The quantitative estimate of drug-likeness (QED) is 0.900. The van der Waals surface area contributed by atoms with E-state index in [0.29, 0.717) is 18.3 Å². The molecule has 1 saturated heterocycles. The summed E-state index contributed by atoms with van der Waals surface area (Å²) in [6, 6.07) is 9.60. The number of piperidine rings is 1. The van der Waals surface area contributed by atoms with Crippen LogP contribution in [-0.2, 0) is 11.3 Å². The molecule has 1 aliphatic heterocycles. The molecule has 0 aliphatic carbocycles. The number of carbonyl (C=O) groups excluding carboxylic acids is 1. The standard InChI is InChI=1S/C18H21N3O3S/c1-13-4-2-3-5-15(13)25-14-6-9-20(10-7-14)17(23)12-21-11-8-16(22)19-18(21)24/h2-5,8,11,14H,6-7,9-10,12H2,1H3,(H,19,22,24). The molecule has 132 valence electrons. The topological polar surface area (TPSA) is 75.2 Å². The lowest BCUT2D eigenvalue weighted by Crippen LogP contribution is -2.42. The zero-order valence-corrected chi connectivity index (χ0v) is 14.9. The Kier molecular flexibility index (Phi) is 5.43. The van der Waals surface area contributed by atoms with E-state index in [2.05, 4.69) is 30.1 Å². The van der Waals surface area contributed by atoms with Crippen LogP contribution in [0.15, 0.2) is 51.0 Å². The van der Waals surface area contributed by atoms with Gasteiger partial charge in [0, 0.05) is 35.5 Å². The maximum absolute atomic E-state index is 12.4. The average Bonchev–Trinajstić information content (AvgIpc) is 2.60. The minimum Gasteiger partial charge on any atom is -0.341 e. The van der Waals surface area contributed by atoms with E-state index in [1.807, 2.05) is 17.8 Å². The van der Waals surface area contributed by atoms with Gasteiger partial charge in [-0.25, -0.2) is 4.79 Å². The molecular formula is C18H21N3O3S. The zero-order chi connectivity index (χ0) is 17.8. The molecule has 1 aliphatic rings. The van der Waals surface area contributed by atoms with Crippen molar-refractivity contribution in [3.63, 3.8) is 0 Å². The molecular weight excluding hydrogens is 338 g/mol. The molecule has 0 atom stereocenters. The normalized spacial score (nSPS) is 15.3. The van der Waals surface area contributed by atoms with Gasteiger partial charge in [0.2, 0.25) is 5.91 Å². The van der Waals surface area contributed by atoms with Gasteiger partial charge in [0.15, 0.2) is 0 Å². The van der Waals surface area contributed by atoms with Crippen molar-refractivity contribution in [2.45, 2.75) is 36.5 Å². The number of nitrogens with zero attached hydrogens (tertiary/aromatic N) is 2. The highest BCUT2D eigenvalue weighted by atomic mass is 32.2. The molecule has 1 fully saturated rings. The van der Waals surface area contributed by atoms with Crippen LogP contribution in [0.5, 0.6) is 0 Å². The maximum Gasteiger partial charge on any atom is 0.328 e. The van der Waals surface area contributed by atoms with Crippen LogP contribution in [0.2, 0.25) is 0 Å². The van der Waals surface area contributed by atoms with Crippen LogP contribution in [0.1, 0.15) is 18.4 Å². The van der Waals surface area contributed by atoms with Crippen LogP contribution in [0.3, 0.4) is 0 Å². The van der Waals surface area contributed by atoms with Crippen LogP contribution in [-0.4, -0.2) is 38.7 Å². The molecule has 1 aromatic carbocycles. The third kappa shape index (κ3) is 4.42. The molecule has 0 saturated carbocycles. The Morgan fingerprint density at radius 3 is 2.60 bits per heavy atom. The van der Waals surface area contributed by atoms with Crippen LogP contribution >= 0.6 is 11.8 Å². The summed E-state index contributed by atoms with van der Waals surface area (Å²) in [5, 5.41) is 0.501. The van der Waals surface area contributed by atoms with Gasteiger partial charge >= 0.3 is 5.69 Å². The van der Waals surface area contributed by atoms with Gasteiger partial charge in [-0.3, -0.25) is 19.1 Å². The van der Waals surface area contributed by atoms with Crippen molar-refractivity contribution in [1.82, 2.24) is 14.5 Å². The van der Waals surface area contributed by atoms with Crippen molar-refractivity contribution in [2.24, 2.45) is 0 Å². The van der Waals surface area contributed by atoms with E-state index in [0.717, 1.165) is 12.8 Å². The number of hydrogen-bond acceptors (Lipinski definition) is 4. The Bertz CT molecular complexity index is 866. The van der Waals surface area contributed by atoms with Gasteiger partial charge in [0.1, 0.15) is 6.54 Å². The first-order valence-electron chi connectivity index (χ1n) is 8.33. The van der Waals surface area contributed by atoms with E-state index >= 15 is 0 Å². The maximum atomic E-state index is 12.4. The monoisotopic (exact) mass is 359 g/mol. The Morgan fingerprint density at radius 1 is 1.20 bits per heavy atom. The van der Waals surface area contributed by atoms with Gasteiger partial charge < -0.3 is 4.90 Å². The van der Waals surface area contributed by atoms with Gasteiger partial charge in [-0.05, 0) is 31.4 Å². The lowest BCUT2D eigenvalue weighted by atomic mass is 10.1. The fraction of sp³-hybridized carbons (Fsp3) is 0.389. The van der Waals surface area contributed by atoms with Gasteiger partial charge in [0.25, 0.3) is 5.56 Å². The van der Waals surface area contributed by atoms with E-state index in [4.69, 9.17) is 0 Å². The van der Waals surface area contributed by atoms with Crippen molar-refractivity contribution in [3.05, 3.63) is 62.9 Å². The average molecular weight is 359 g/mol. The van der Waals surface area contributed by atoms with Crippen molar-refractivity contribution in [2.75, 3.05) is 13.1 Å². The molecule has 0 spiro atoms. The van der Waals surface area contributed by atoms with Gasteiger partial charge in [0.05, 0.1) is 0 Å². The van der Waals surface area contributed by atoms with Crippen molar-refractivity contribution in [3.8, 4) is 0 Å². The smallest absolute Gasteiger partial charge is 0.328 e. The predicted octanol–water partition coefficient (Wildman–Crippen LogP) is 1.63. The second-order valence-corrected chi connectivity index (χ2v) is 7.54. The van der Waals surface area contributed by atoms with Crippen molar-refractivity contribution < 1.29 is 4.79 Å². The zero-order valence-electron chi connectivity index (χ0n) is 14.1. The van der Waals surface area contributed by atoms with Crippen molar-refractivity contribution >= 4 is 17.7 Å². The SMILES string of the molecule is Cc1ccccc1SC1CCN(C(=O)Cn2ccc(=O)[nH]c2=O)CC1. The number of carbonyl (C=O) groups is 1. The first-order chi connectivity index (χ1) is 12.0. The fourth-order valence-electron chi connectivity index (χ4n) is 2.91. The molecule has 25 heavy (non-hydrogen) atoms. The fourth-order valence-corrected chi connectivity index (χ4v) is 4.12. The minimum absolute atomic E-state index is 0.0365. The lowest BCUT2D eigenvalue weighted by Gasteiger charge is -2.32. The summed E-state index contributed by atoms with van der Waals surface area (Å²) in [5.41, 5.74) is 0.275. The Balaban J connectivity index is 1.55. The van der Waals surface area contributed by atoms with Crippen LogP contribution in [0.4, 0.5) is 0 Å². The number of likely N-dealkylation sites (tertiary alicyclic amines) is 1. The first-order valence-corrected chi connectivity index (χ1v) is 9.21. The number of thioether (sulfide) groups is 1. The molecule has 1 N–H and O–H groups in total. The highest BCUT2D eigenvalue weighted by molar-refractivity contribution is 8.00. The number of rotatable bonds is 4. The minimum atomic E-state index is -0.550. The summed E-state index contributed by atoms with van der Waals surface area (Å²) in [5.74, 6) is -0.0894. The highest BCUT2D eigenvalue weighted by Crippen LogP contribution is 2.32. The molecule has 0 bridgehead atoms. The number of aromatic nitrogens is 2. The summed E-state index contributed by atoms with van der Waals surface area (Å²) in [7, 11) is 0. The molecule has 3 rings (SSSR count). The molecule has 7 heteroatoms. The lowest BCUT2D eigenvalue weighted by molar-refractivity contribution is -0.132. The van der Waals surface area contributed by atoms with Crippen LogP contribution in [0, 0.1) is 6.92 Å². The number of amides is 1. The number of H-pyrrole nitrogens is 1. The third-order valence-corrected chi connectivity index (χ3v) is 5.90. The number of aromatic amines is 1. The first kappa shape index (κ1) is 17.5. The number of nitrogens with one attached hydrogen (secondary N) is 1. The van der Waals surface area contributed by atoms with Gasteiger partial charge in [-0.2, -0.15) is 0 Å². The number of benzene rings is 1. The Hall–Kier alpha value is -2.28.